The molecule has 1 aromatic rings. The van der Waals surface area contributed by atoms with Gasteiger partial charge in [0.2, 0.25) is 0 Å². The van der Waals surface area contributed by atoms with E-state index in [-0.39, 0.29) is 5.54 Å². The van der Waals surface area contributed by atoms with Gasteiger partial charge in [0.15, 0.2) is 0 Å². The van der Waals surface area contributed by atoms with Gasteiger partial charge in [0.05, 0.1) is 0 Å². The van der Waals surface area contributed by atoms with Crippen LogP contribution >= 0.6 is 0 Å². The van der Waals surface area contributed by atoms with Crippen LogP contribution in [0.25, 0.3) is 0 Å². The zero-order valence-corrected chi connectivity index (χ0v) is 10.8. The van der Waals surface area contributed by atoms with E-state index in [0.29, 0.717) is 6.54 Å². The highest BCUT2D eigenvalue weighted by molar-refractivity contribution is 5.27. The summed E-state index contributed by atoms with van der Waals surface area (Å²) >= 11 is 0. The SMILES string of the molecule is Cc1ccncc1C(C)(O)CNC(C)(C)C. The van der Waals surface area contributed by atoms with Gasteiger partial charge in [-0.05, 0) is 46.2 Å². The highest BCUT2D eigenvalue weighted by Crippen LogP contribution is 2.22. The van der Waals surface area contributed by atoms with E-state index in [1.165, 1.54) is 0 Å². The third-order valence-electron chi connectivity index (χ3n) is 2.58. The molecular weight excluding hydrogens is 200 g/mol. The highest BCUT2D eigenvalue weighted by Gasteiger charge is 2.26. The number of nitrogens with zero attached hydrogens (tertiary/aromatic N) is 1. The first kappa shape index (κ1) is 13.1. The molecule has 0 saturated heterocycles. The molecule has 1 heterocycles. The zero-order chi connectivity index (χ0) is 12.4. The van der Waals surface area contributed by atoms with Crippen molar-refractivity contribution in [3.05, 3.63) is 29.6 Å². The minimum absolute atomic E-state index is 0.000103. The van der Waals surface area contributed by atoms with Gasteiger partial charge >= 0.3 is 0 Å². The van der Waals surface area contributed by atoms with Crippen molar-refractivity contribution >= 4 is 0 Å². The van der Waals surface area contributed by atoms with Crippen molar-refractivity contribution in [2.24, 2.45) is 0 Å². The average Bonchev–Trinajstić information content (AvgIpc) is 2.14. The van der Waals surface area contributed by atoms with Crippen molar-refractivity contribution in [1.82, 2.24) is 10.3 Å². The molecule has 1 aromatic heterocycles. The maximum absolute atomic E-state index is 10.4. The van der Waals surface area contributed by atoms with Gasteiger partial charge in [-0.2, -0.15) is 0 Å². The first-order valence-corrected chi connectivity index (χ1v) is 5.61. The molecule has 0 aliphatic rings. The molecule has 90 valence electrons. The third-order valence-corrected chi connectivity index (χ3v) is 2.58. The van der Waals surface area contributed by atoms with E-state index in [1.54, 1.807) is 12.4 Å². The molecule has 0 bridgehead atoms. The fourth-order valence-corrected chi connectivity index (χ4v) is 1.56. The maximum Gasteiger partial charge on any atom is 0.101 e. The number of hydrogen-bond donors (Lipinski definition) is 2. The van der Waals surface area contributed by atoms with E-state index < -0.39 is 5.60 Å². The van der Waals surface area contributed by atoms with Crippen LogP contribution in [-0.4, -0.2) is 22.2 Å². The molecule has 3 nitrogen and oxygen atoms in total. The van der Waals surface area contributed by atoms with Gasteiger partial charge in [0, 0.05) is 30.0 Å². The molecule has 0 spiro atoms. The van der Waals surface area contributed by atoms with Crippen LogP contribution in [0.4, 0.5) is 0 Å². The summed E-state index contributed by atoms with van der Waals surface area (Å²) in [6.07, 6.45) is 3.48. The predicted molar refractivity (Wildman–Crippen MR) is 66.3 cm³/mol. The van der Waals surface area contributed by atoms with Crippen LogP contribution in [-0.2, 0) is 5.60 Å². The molecule has 1 unspecified atom stereocenters. The quantitative estimate of drug-likeness (QED) is 0.822. The lowest BCUT2D eigenvalue weighted by Crippen LogP contribution is -2.45. The molecule has 0 radical (unpaired) electrons. The molecule has 0 saturated carbocycles. The lowest BCUT2D eigenvalue weighted by Gasteiger charge is -2.30. The molecule has 16 heavy (non-hydrogen) atoms. The number of nitrogens with one attached hydrogen (secondary N) is 1. The Kier molecular flexibility index (Phi) is 3.71. The molecule has 0 fully saturated rings. The number of aliphatic hydroxyl groups is 1. The lowest BCUT2D eigenvalue weighted by atomic mass is 9.93. The van der Waals surface area contributed by atoms with Gasteiger partial charge in [-0.1, -0.05) is 0 Å². The fourth-order valence-electron chi connectivity index (χ4n) is 1.56. The molecule has 1 atom stereocenters. The van der Waals surface area contributed by atoms with Gasteiger partial charge in [-0.3, -0.25) is 4.98 Å². The summed E-state index contributed by atoms with van der Waals surface area (Å²) in [5.41, 5.74) is 1.06. The Morgan fingerprint density at radius 2 is 1.94 bits per heavy atom. The highest BCUT2D eigenvalue weighted by atomic mass is 16.3. The molecule has 3 heteroatoms. The van der Waals surface area contributed by atoms with Crippen LogP contribution in [0.1, 0.15) is 38.8 Å². The lowest BCUT2D eigenvalue weighted by molar-refractivity contribution is 0.0492. The smallest absolute Gasteiger partial charge is 0.101 e. The number of rotatable bonds is 3. The predicted octanol–water partition coefficient (Wildman–Crippen LogP) is 1.99. The minimum Gasteiger partial charge on any atom is -0.384 e. The summed E-state index contributed by atoms with van der Waals surface area (Å²) in [4.78, 5) is 4.07. The molecule has 0 aromatic carbocycles. The monoisotopic (exact) mass is 222 g/mol. The van der Waals surface area contributed by atoms with Crippen molar-refractivity contribution in [3.63, 3.8) is 0 Å². The van der Waals surface area contributed by atoms with Crippen molar-refractivity contribution in [3.8, 4) is 0 Å². The Morgan fingerprint density at radius 1 is 1.31 bits per heavy atom. The molecule has 2 N–H and O–H groups in total. The second-order valence-corrected chi connectivity index (χ2v) is 5.57. The largest absolute Gasteiger partial charge is 0.384 e. The van der Waals surface area contributed by atoms with E-state index in [0.717, 1.165) is 11.1 Å². The van der Waals surface area contributed by atoms with E-state index >= 15 is 0 Å². The van der Waals surface area contributed by atoms with E-state index in [2.05, 4.69) is 31.1 Å². The van der Waals surface area contributed by atoms with Crippen LogP contribution in [0.2, 0.25) is 0 Å². The molecule has 0 aliphatic heterocycles. The van der Waals surface area contributed by atoms with Crippen molar-refractivity contribution in [1.29, 1.82) is 0 Å². The third kappa shape index (κ3) is 3.58. The Morgan fingerprint density at radius 3 is 2.44 bits per heavy atom. The molecule has 1 rings (SSSR count). The van der Waals surface area contributed by atoms with Gasteiger partial charge in [0.25, 0.3) is 0 Å². The summed E-state index contributed by atoms with van der Waals surface area (Å²) in [5, 5.41) is 13.7. The van der Waals surface area contributed by atoms with Crippen molar-refractivity contribution < 1.29 is 5.11 Å². The Hall–Kier alpha value is -0.930. The second kappa shape index (κ2) is 4.52. The van der Waals surface area contributed by atoms with Crippen LogP contribution in [0.3, 0.4) is 0 Å². The maximum atomic E-state index is 10.4. The average molecular weight is 222 g/mol. The van der Waals surface area contributed by atoms with E-state index in [4.69, 9.17) is 0 Å². The van der Waals surface area contributed by atoms with E-state index in [9.17, 15) is 5.11 Å². The van der Waals surface area contributed by atoms with Crippen molar-refractivity contribution in [2.75, 3.05) is 6.54 Å². The van der Waals surface area contributed by atoms with Crippen LogP contribution in [0, 0.1) is 6.92 Å². The van der Waals surface area contributed by atoms with Crippen molar-refractivity contribution in [2.45, 2.75) is 45.8 Å². The summed E-state index contributed by atoms with van der Waals surface area (Å²) < 4.78 is 0. The van der Waals surface area contributed by atoms with Crippen LogP contribution < -0.4 is 5.32 Å². The Bertz CT molecular complexity index is 353. The van der Waals surface area contributed by atoms with Crippen LogP contribution in [0.15, 0.2) is 18.5 Å². The molecular formula is C13H22N2O. The zero-order valence-electron chi connectivity index (χ0n) is 10.8. The second-order valence-electron chi connectivity index (χ2n) is 5.57. The number of aromatic nitrogens is 1. The normalized spacial score (nSPS) is 15.9. The summed E-state index contributed by atoms with van der Waals surface area (Å²) in [6, 6.07) is 1.92. The number of hydrogen-bond acceptors (Lipinski definition) is 3. The minimum atomic E-state index is -0.883. The Labute approximate surface area is 97.9 Å². The van der Waals surface area contributed by atoms with Gasteiger partial charge < -0.3 is 10.4 Å². The summed E-state index contributed by atoms with van der Waals surface area (Å²) in [6.45, 7) is 10.6. The first-order chi connectivity index (χ1) is 7.22. The number of aryl methyl sites for hydroxylation is 1. The Balaban J connectivity index is 2.82. The molecule has 0 amide bonds. The van der Waals surface area contributed by atoms with Gasteiger partial charge in [-0.25, -0.2) is 0 Å². The fraction of sp³-hybridized carbons (Fsp3) is 0.615. The summed E-state index contributed by atoms with van der Waals surface area (Å²) in [7, 11) is 0. The first-order valence-electron chi connectivity index (χ1n) is 5.61. The summed E-state index contributed by atoms with van der Waals surface area (Å²) in [5.74, 6) is 0. The molecule has 0 aliphatic carbocycles. The van der Waals surface area contributed by atoms with Gasteiger partial charge in [-0.15, -0.1) is 0 Å². The number of β-amino-alcohol motifs (C(OH)–C–C–N with tert-alkyl or cyclic N) is 1. The standard InChI is InChI=1S/C13H22N2O/c1-10-6-7-14-8-11(10)13(5,16)9-15-12(2,3)4/h6-8,15-16H,9H2,1-5H3. The van der Waals surface area contributed by atoms with Gasteiger partial charge in [0.1, 0.15) is 5.60 Å². The topological polar surface area (TPSA) is 45.2 Å². The van der Waals surface area contributed by atoms with E-state index in [1.807, 2.05) is 19.9 Å². The van der Waals surface area contributed by atoms with Crippen LogP contribution in [0.5, 0.6) is 0 Å². The number of pyridine rings is 1.